The van der Waals surface area contributed by atoms with Crippen molar-refractivity contribution in [1.29, 1.82) is 0 Å². The van der Waals surface area contributed by atoms with Gasteiger partial charge in [-0.2, -0.15) is 4.99 Å². The lowest BCUT2D eigenvalue weighted by Crippen LogP contribution is -1.84. The first-order valence-electron chi connectivity index (χ1n) is 3.77. The summed E-state index contributed by atoms with van der Waals surface area (Å²) in [4.78, 5) is 7.89. The van der Waals surface area contributed by atoms with Gasteiger partial charge in [0.15, 0.2) is 5.76 Å². The fourth-order valence-electron chi connectivity index (χ4n) is 0.599. The maximum atomic E-state index is 4.80. The number of aromatic nitrogens is 1. The van der Waals surface area contributed by atoms with Crippen LogP contribution in [0.4, 0.5) is 5.69 Å². The summed E-state index contributed by atoms with van der Waals surface area (Å²) in [6.07, 6.45) is 1.54. The third-order valence-corrected chi connectivity index (χ3v) is 1.21. The number of aryl methyl sites for hydroxylation is 1. The summed E-state index contributed by atoms with van der Waals surface area (Å²) in [5.41, 5.74) is 0.680. The monoisotopic (exact) mass is 165 g/mol. The highest BCUT2D eigenvalue weighted by atomic mass is 16.5. The number of hydrogen-bond donors (Lipinski definition) is 0. The average Bonchev–Trinajstić information content (AvgIpc) is 2.36. The summed E-state index contributed by atoms with van der Waals surface area (Å²) < 4.78 is 4.80. The normalized spacial score (nSPS) is 9.67. The molecule has 0 aliphatic carbocycles. The van der Waals surface area contributed by atoms with Crippen molar-refractivity contribution in [2.24, 2.45) is 9.98 Å². The molecule has 0 atom stereocenters. The van der Waals surface area contributed by atoms with E-state index in [9.17, 15) is 0 Å². The minimum Gasteiger partial charge on any atom is -0.359 e. The Kier molecular flexibility index (Phi) is 2.77. The molecule has 4 heteroatoms. The Bertz CT molecular complexity index is 308. The van der Waals surface area contributed by atoms with Crippen molar-refractivity contribution < 1.29 is 4.52 Å². The molecule has 12 heavy (non-hydrogen) atoms. The van der Waals surface area contributed by atoms with Crippen LogP contribution >= 0.6 is 0 Å². The van der Waals surface area contributed by atoms with E-state index >= 15 is 0 Å². The first kappa shape index (κ1) is 8.68. The predicted molar refractivity (Wildman–Crippen MR) is 45.9 cm³/mol. The van der Waals surface area contributed by atoms with Crippen molar-refractivity contribution in [3.05, 3.63) is 12.0 Å². The lowest BCUT2D eigenvalue weighted by molar-refractivity contribution is 0.398. The summed E-state index contributed by atoms with van der Waals surface area (Å²) in [5, 5.41) is 3.57. The van der Waals surface area contributed by atoms with Crippen LogP contribution < -0.4 is 0 Å². The zero-order valence-corrected chi connectivity index (χ0v) is 7.40. The summed E-state index contributed by atoms with van der Waals surface area (Å²) >= 11 is 0. The third kappa shape index (κ3) is 2.32. The molecule has 0 bridgehead atoms. The van der Waals surface area contributed by atoms with Crippen molar-refractivity contribution in [2.75, 3.05) is 0 Å². The molecule has 0 spiro atoms. The molecule has 0 N–H and O–H groups in total. The molecule has 0 amide bonds. The van der Waals surface area contributed by atoms with Gasteiger partial charge in [0.2, 0.25) is 0 Å². The van der Waals surface area contributed by atoms with Gasteiger partial charge in [0, 0.05) is 0 Å². The molecule has 0 aromatic carbocycles. The fraction of sp³-hybridized carbons (Fsp3) is 0.500. The van der Waals surface area contributed by atoms with Crippen LogP contribution in [0.25, 0.3) is 0 Å². The molecule has 64 valence electrons. The van der Waals surface area contributed by atoms with E-state index in [0.717, 1.165) is 0 Å². The molecule has 4 nitrogen and oxygen atoms in total. The van der Waals surface area contributed by atoms with E-state index in [2.05, 4.69) is 21.1 Å². The molecule has 0 saturated carbocycles. The van der Waals surface area contributed by atoms with Crippen molar-refractivity contribution in [3.63, 3.8) is 0 Å². The molecule has 0 unspecified atom stereocenters. The molecule has 1 heterocycles. The summed E-state index contributed by atoms with van der Waals surface area (Å²) in [6, 6.07) is 2.79. The van der Waals surface area contributed by atoms with Gasteiger partial charge in [-0.3, -0.25) is 0 Å². The van der Waals surface area contributed by atoms with E-state index in [-0.39, 0.29) is 6.04 Å². The maximum absolute atomic E-state index is 4.80. The third-order valence-electron chi connectivity index (χ3n) is 1.21. The number of rotatable bonds is 2. The zero-order valence-electron chi connectivity index (χ0n) is 7.40. The average molecular weight is 165 g/mol. The molecule has 1 aromatic rings. The van der Waals surface area contributed by atoms with Crippen LogP contribution in [0.2, 0.25) is 0 Å². The predicted octanol–water partition coefficient (Wildman–Crippen LogP) is 2.20. The maximum Gasteiger partial charge on any atom is 0.160 e. The fourth-order valence-corrected chi connectivity index (χ4v) is 0.599. The van der Waals surface area contributed by atoms with Crippen LogP contribution in [0.3, 0.4) is 0 Å². The lowest BCUT2D eigenvalue weighted by Gasteiger charge is -1.86. The molecule has 0 radical (unpaired) electrons. The summed E-state index contributed by atoms with van der Waals surface area (Å²) in [7, 11) is 0. The van der Waals surface area contributed by atoms with Gasteiger partial charge in [0.25, 0.3) is 0 Å². The number of hydrogen-bond acceptors (Lipinski definition) is 4. The van der Waals surface area contributed by atoms with Gasteiger partial charge in [-0.25, -0.2) is 4.99 Å². The van der Waals surface area contributed by atoms with E-state index in [1.807, 2.05) is 13.8 Å². The first-order valence-corrected chi connectivity index (χ1v) is 3.77. The van der Waals surface area contributed by atoms with Crippen molar-refractivity contribution in [3.8, 4) is 0 Å². The highest BCUT2D eigenvalue weighted by Crippen LogP contribution is 2.14. The van der Waals surface area contributed by atoms with Gasteiger partial charge in [-0.15, -0.1) is 0 Å². The minimum absolute atomic E-state index is 0.217. The Morgan fingerprint density at radius 2 is 2.33 bits per heavy atom. The van der Waals surface area contributed by atoms with Crippen LogP contribution in [0.5, 0.6) is 0 Å². The topological polar surface area (TPSA) is 50.8 Å². The van der Waals surface area contributed by atoms with Crippen molar-refractivity contribution >= 4 is 11.7 Å². The van der Waals surface area contributed by atoms with Crippen LogP contribution in [0.15, 0.2) is 20.7 Å². The minimum atomic E-state index is 0.217. The Morgan fingerprint density at radius 3 is 2.83 bits per heavy atom. The van der Waals surface area contributed by atoms with Gasteiger partial charge in [0.1, 0.15) is 5.69 Å². The van der Waals surface area contributed by atoms with Gasteiger partial charge < -0.3 is 4.52 Å². The van der Waals surface area contributed by atoms with E-state index in [4.69, 9.17) is 4.52 Å². The van der Waals surface area contributed by atoms with Crippen LogP contribution in [0, 0.1) is 6.92 Å². The van der Waals surface area contributed by atoms with Crippen molar-refractivity contribution in [1.82, 2.24) is 5.16 Å². The van der Waals surface area contributed by atoms with Gasteiger partial charge >= 0.3 is 0 Å². The second kappa shape index (κ2) is 3.83. The molecule has 0 aliphatic rings. The second-order valence-electron chi connectivity index (χ2n) is 2.70. The molecule has 0 aliphatic heterocycles. The van der Waals surface area contributed by atoms with Gasteiger partial charge in [-0.05, 0) is 20.8 Å². The molecule has 0 saturated heterocycles. The summed E-state index contributed by atoms with van der Waals surface area (Å²) in [5.74, 6) is 0.682. The molecule has 0 fully saturated rings. The first-order chi connectivity index (χ1) is 5.70. The summed E-state index contributed by atoms with van der Waals surface area (Å²) in [6.45, 7) is 5.72. The van der Waals surface area contributed by atoms with E-state index in [1.165, 1.54) is 6.20 Å². The number of aliphatic imine (C=N–C) groups is 2. The van der Waals surface area contributed by atoms with Crippen LogP contribution in [-0.2, 0) is 0 Å². The number of nitrogens with zero attached hydrogens (tertiary/aromatic N) is 3. The lowest BCUT2D eigenvalue weighted by atomic mass is 10.4. The molecule has 1 aromatic heterocycles. The Morgan fingerprint density at radius 1 is 1.58 bits per heavy atom. The van der Waals surface area contributed by atoms with Crippen molar-refractivity contribution in [2.45, 2.75) is 26.8 Å². The molecular weight excluding hydrogens is 154 g/mol. The SMILES string of the molecule is Cc1oncc1N=C=NC(C)C. The Hall–Kier alpha value is -1.41. The van der Waals surface area contributed by atoms with Crippen LogP contribution in [-0.4, -0.2) is 17.2 Å². The Labute approximate surface area is 71.0 Å². The smallest absolute Gasteiger partial charge is 0.160 e. The van der Waals surface area contributed by atoms with E-state index in [1.54, 1.807) is 6.92 Å². The highest BCUT2D eigenvalue weighted by molar-refractivity contribution is 5.52. The molecular formula is C8H11N3O. The largest absolute Gasteiger partial charge is 0.359 e. The molecule has 1 rings (SSSR count). The standard InChI is InChI=1S/C8H11N3O/c1-6(2)9-5-10-8-4-11-12-7(8)3/h4,6H,1-3H3. The van der Waals surface area contributed by atoms with E-state index in [0.29, 0.717) is 11.4 Å². The Balaban J connectivity index is 2.76. The van der Waals surface area contributed by atoms with Gasteiger partial charge in [0.05, 0.1) is 18.2 Å². The highest BCUT2D eigenvalue weighted by Gasteiger charge is 1.97. The quantitative estimate of drug-likeness (QED) is 0.631. The van der Waals surface area contributed by atoms with Gasteiger partial charge in [-0.1, -0.05) is 5.16 Å². The van der Waals surface area contributed by atoms with E-state index < -0.39 is 0 Å². The van der Waals surface area contributed by atoms with Crippen LogP contribution in [0.1, 0.15) is 19.6 Å². The second-order valence-corrected chi connectivity index (χ2v) is 2.70. The zero-order chi connectivity index (χ0) is 8.97.